The Bertz CT molecular complexity index is 202. The van der Waals surface area contributed by atoms with Crippen molar-refractivity contribution < 1.29 is 0 Å². The van der Waals surface area contributed by atoms with Gasteiger partial charge in [-0.15, -0.1) is 24.8 Å². The fourth-order valence-electron chi connectivity index (χ4n) is 1.85. The summed E-state index contributed by atoms with van der Waals surface area (Å²) in [6.45, 7) is 1.99. The van der Waals surface area contributed by atoms with E-state index in [1.54, 1.807) is 0 Å². The van der Waals surface area contributed by atoms with Gasteiger partial charge in [-0.2, -0.15) is 0 Å². The molecule has 0 radical (unpaired) electrons. The summed E-state index contributed by atoms with van der Waals surface area (Å²) in [4.78, 5) is 6.62. The average molecular weight is 226 g/mol. The predicted molar refractivity (Wildman–Crippen MR) is 60.2 cm³/mol. The van der Waals surface area contributed by atoms with Gasteiger partial charge in [-0.25, -0.2) is 0 Å². The van der Waals surface area contributed by atoms with E-state index in [1.165, 1.54) is 6.42 Å². The molecule has 0 aromatic carbocycles. The first-order chi connectivity index (χ1) is 5.22. The molecule has 0 aromatic rings. The zero-order chi connectivity index (χ0) is 7.90. The lowest BCUT2D eigenvalue weighted by Crippen LogP contribution is -2.57. The summed E-state index contributed by atoms with van der Waals surface area (Å²) in [6, 6.07) is 0. The third-order valence-corrected chi connectivity index (χ3v) is 2.75. The fraction of sp³-hybridized carbons (Fsp3) is 0.875. The first-order valence-corrected chi connectivity index (χ1v) is 4.27. The molecule has 1 aliphatic heterocycles. The molecule has 0 spiro atoms. The van der Waals surface area contributed by atoms with Crippen LogP contribution in [0.2, 0.25) is 0 Å². The molecule has 0 atom stereocenters. The molecule has 0 saturated heterocycles. The number of hydrogen-bond acceptors (Lipinski definition) is 3. The van der Waals surface area contributed by atoms with E-state index in [-0.39, 0.29) is 30.4 Å². The Kier molecular flexibility index (Phi) is 4.49. The van der Waals surface area contributed by atoms with Gasteiger partial charge in [-0.05, 0) is 19.3 Å². The Balaban J connectivity index is 0.000000720. The largest absolute Gasteiger partial charge is 0.360 e. The molecule has 2 aliphatic rings. The number of rotatable bonds is 1. The Morgan fingerprint density at radius 2 is 2.00 bits per heavy atom. The number of likely N-dealkylation sites (N-methyl/N-ethyl adjacent to an activating group) is 1. The second-order valence-corrected chi connectivity index (χ2v) is 3.64. The zero-order valence-electron chi connectivity index (χ0n) is 7.82. The van der Waals surface area contributed by atoms with E-state index >= 15 is 0 Å². The van der Waals surface area contributed by atoms with E-state index in [0.29, 0.717) is 0 Å². The molecule has 1 fully saturated rings. The summed E-state index contributed by atoms with van der Waals surface area (Å²) < 4.78 is 0. The van der Waals surface area contributed by atoms with Crippen molar-refractivity contribution in [2.75, 3.05) is 20.1 Å². The van der Waals surface area contributed by atoms with Crippen LogP contribution in [0, 0.1) is 0 Å². The fourth-order valence-corrected chi connectivity index (χ4v) is 1.85. The van der Waals surface area contributed by atoms with Gasteiger partial charge in [0.2, 0.25) is 0 Å². The normalized spacial score (nSPS) is 23.8. The topological polar surface area (TPSA) is 41.6 Å². The van der Waals surface area contributed by atoms with Gasteiger partial charge >= 0.3 is 0 Å². The van der Waals surface area contributed by atoms with Gasteiger partial charge < -0.3 is 10.6 Å². The third-order valence-electron chi connectivity index (χ3n) is 2.75. The van der Waals surface area contributed by atoms with Crippen molar-refractivity contribution in [3.05, 3.63) is 0 Å². The van der Waals surface area contributed by atoms with E-state index in [4.69, 9.17) is 5.73 Å². The van der Waals surface area contributed by atoms with Crippen LogP contribution in [0.3, 0.4) is 0 Å². The van der Waals surface area contributed by atoms with Crippen LogP contribution in [0.1, 0.15) is 19.3 Å². The van der Waals surface area contributed by atoms with Gasteiger partial charge in [0.25, 0.3) is 0 Å². The summed E-state index contributed by atoms with van der Waals surface area (Å²) in [6.07, 6.45) is 3.51. The Morgan fingerprint density at radius 1 is 1.38 bits per heavy atom. The summed E-state index contributed by atoms with van der Waals surface area (Å²) in [7, 11) is 2.08. The van der Waals surface area contributed by atoms with Crippen LogP contribution < -0.4 is 5.73 Å². The molecular weight excluding hydrogens is 209 g/mol. The Hall–Kier alpha value is 0.01000. The predicted octanol–water partition coefficient (Wildman–Crippen LogP) is 1.06. The molecule has 0 bridgehead atoms. The van der Waals surface area contributed by atoms with Gasteiger partial charge in [0, 0.05) is 13.6 Å². The van der Waals surface area contributed by atoms with Crippen LogP contribution in [0.15, 0.2) is 4.99 Å². The lowest BCUT2D eigenvalue weighted by Gasteiger charge is -2.40. The van der Waals surface area contributed by atoms with Gasteiger partial charge in [0.05, 0.1) is 12.1 Å². The molecular formula is C8H17Cl2N3. The maximum atomic E-state index is 6.13. The molecule has 5 heteroatoms. The van der Waals surface area contributed by atoms with Gasteiger partial charge in [0.15, 0.2) is 0 Å². The minimum absolute atomic E-state index is 0. The minimum Gasteiger partial charge on any atom is -0.360 e. The quantitative estimate of drug-likeness (QED) is 0.726. The molecule has 1 heterocycles. The van der Waals surface area contributed by atoms with E-state index < -0.39 is 0 Å². The number of amidine groups is 1. The van der Waals surface area contributed by atoms with E-state index in [0.717, 1.165) is 31.8 Å². The Labute approximate surface area is 91.6 Å². The molecule has 0 unspecified atom stereocenters. The molecule has 78 valence electrons. The molecule has 1 aliphatic carbocycles. The first-order valence-electron chi connectivity index (χ1n) is 4.27. The summed E-state index contributed by atoms with van der Waals surface area (Å²) >= 11 is 0. The number of hydrogen-bond donors (Lipinski definition) is 1. The molecule has 2 rings (SSSR count). The molecule has 0 amide bonds. The van der Waals surface area contributed by atoms with Crippen molar-refractivity contribution >= 4 is 30.6 Å². The number of aliphatic imine (C=N–C) groups is 1. The van der Waals surface area contributed by atoms with Crippen LogP contribution >= 0.6 is 24.8 Å². The average Bonchev–Trinajstić information content (AvgIpc) is 2.30. The molecule has 3 nitrogen and oxygen atoms in total. The van der Waals surface area contributed by atoms with Crippen LogP contribution in [0.4, 0.5) is 0 Å². The molecule has 2 N–H and O–H groups in total. The van der Waals surface area contributed by atoms with Crippen molar-refractivity contribution in [3.63, 3.8) is 0 Å². The zero-order valence-corrected chi connectivity index (χ0v) is 9.46. The van der Waals surface area contributed by atoms with E-state index in [2.05, 4.69) is 16.9 Å². The van der Waals surface area contributed by atoms with Crippen molar-refractivity contribution in [3.8, 4) is 0 Å². The van der Waals surface area contributed by atoms with Crippen molar-refractivity contribution in [2.24, 2.45) is 10.7 Å². The summed E-state index contributed by atoms with van der Waals surface area (Å²) in [5.41, 5.74) is 6.08. The van der Waals surface area contributed by atoms with E-state index in [1.807, 2.05) is 0 Å². The number of nitrogens with zero attached hydrogens (tertiary/aromatic N) is 2. The second-order valence-electron chi connectivity index (χ2n) is 3.64. The summed E-state index contributed by atoms with van der Waals surface area (Å²) in [5, 5.41) is 0. The highest BCUT2D eigenvalue weighted by atomic mass is 35.5. The maximum Gasteiger partial charge on any atom is 0.119 e. The lowest BCUT2D eigenvalue weighted by molar-refractivity contribution is 0.316. The highest BCUT2D eigenvalue weighted by Crippen LogP contribution is 2.32. The monoisotopic (exact) mass is 225 g/mol. The smallest absolute Gasteiger partial charge is 0.119 e. The maximum absolute atomic E-state index is 6.13. The summed E-state index contributed by atoms with van der Waals surface area (Å²) in [5.74, 6) is 1.14. The first kappa shape index (κ1) is 13.0. The standard InChI is InChI=1S/C8H15N3.2ClH/c1-11-6-5-10-7(11)8(9)3-2-4-8;;/h2-6,9H2,1H3;2*1H. The molecule has 1 saturated carbocycles. The Morgan fingerprint density at radius 3 is 2.31 bits per heavy atom. The van der Waals surface area contributed by atoms with Crippen molar-refractivity contribution in [1.29, 1.82) is 0 Å². The lowest BCUT2D eigenvalue weighted by atomic mass is 9.76. The van der Waals surface area contributed by atoms with Crippen molar-refractivity contribution in [1.82, 2.24) is 4.90 Å². The third kappa shape index (κ3) is 2.09. The van der Waals surface area contributed by atoms with Crippen LogP contribution in [-0.4, -0.2) is 36.4 Å². The van der Waals surface area contributed by atoms with Crippen molar-refractivity contribution in [2.45, 2.75) is 24.8 Å². The minimum atomic E-state index is -0.0503. The van der Waals surface area contributed by atoms with Crippen LogP contribution in [0.25, 0.3) is 0 Å². The van der Waals surface area contributed by atoms with Gasteiger partial charge in [-0.3, -0.25) is 4.99 Å². The highest BCUT2D eigenvalue weighted by Gasteiger charge is 2.40. The number of halogens is 2. The van der Waals surface area contributed by atoms with Crippen LogP contribution in [0.5, 0.6) is 0 Å². The molecule has 0 aromatic heterocycles. The van der Waals surface area contributed by atoms with Gasteiger partial charge in [-0.1, -0.05) is 0 Å². The number of nitrogens with two attached hydrogens (primary N) is 1. The van der Waals surface area contributed by atoms with E-state index in [9.17, 15) is 0 Å². The van der Waals surface area contributed by atoms with Gasteiger partial charge in [0.1, 0.15) is 5.84 Å². The van der Waals surface area contributed by atoms with Crippen LogP contribution in [-0.2, 0) is 0 Å². The second kappa shape index (κ2) is 4.49. The molecule has 13 heavy (non-hydrogen) atoms. The highest BCUT2D eigenvalue weighted by molar-refractivity contribution is 5.93. The SMILES string of the molecule is CN1CCN=C1C1(N)CCC1.Cl.Cl.